The SMILES string of the molecule is [Fe].[Mn].[Y].[Zr]. The molecule has 22 valence electrons. The summed E-state index contributed by atoms with van der Waals surface area (Å²) in [5.41, 5.74) is 0. The van der Waals surface area contributed by atoms with E-state index < -0.39 is 0 Å². The van der Waals surface area contributed by atoms with Crippen LogP contribution in [-0.4, -0.2) is 0 Å². The Morgan fingerprint density at radius 2 is 1.00 bits per heavy atom. The maximum absolute atomic E-state index is 0. The fourth-order valence-corrected chi connectivity index (χ4v) is 0. The van der Waals surface area contributed by atoms with Gasteiger partial charge in [0.2, 0.25) is 0 Å². The minimum Gasteiger partial charge on any atom is 0 e. The standard InChI is InChI=1S/Fe.Mn.Y.Zr. The molecule has 0 aromatic rings. The van der Waals surface area contributed by atoms with Crippen molar-refractivity contribution < 1.29 is 93.0 Å². The molecule has 0 bridgehead atoms. The van der Waals surface area contributed by atoms with E-state index in [9.17, 15) is 0 Å². The second-order valence-corrected chi connectivity index (χ2v) is 0. The van der Waals surface area contributed by atoms with E-state index in [2.05, 4.69) is 0 Å². The molecule has 0 N–H and O–H groups in total. The van der Waals surface area contributed by atoms with Gasteiger partial charge in [-0.2, -0.15) is 0 Å². The Bertz CT molecular complexity index is 8.00. The van der Waals surface area contributed by atoms with Gasteiger partial charge in [-0.05, 0) is 0 Å². The van der Waals surface area contributed by atoms with E-state index in [4.69, 9.17) is 0 Å². The molecule has 4 heteroatoms. The predicted molar refractivity (Wildman–Crippen MR) is 0 cm³/mol. The average molecular weight is 291 g/mol. The fraction of sp³-hybridized carbons (Fsp3) is 0. The van der Waals surface area contributed by atoms with Crippen LogP contribution in [0.2, 0.25) is 0 Å². The van der Waals surface area contributed by atoms with E-state index in [1.807, 2.05) is 0 Å². The molecule has 0 heterocycles. The predicted octanol–water partition coefficient (Wildman–Crippen LogP) is -0.0100. The molecular weight excluding hydrogens is 291 g/mol. The molecule has 0 aliphatic carbocycles. The summed E-state index contributed by atoms with van der Waals surface area (Å²) < 4.78 is 0. The molecule has 0 aromatic heterocycles. The van der Waals surface area contributed by atoms with Crippen molar-refractivity contribution in [3.8, 4) is 0 Å². The van der Waals surface area contributed by atoms with Gasteiger partial charge in [0.15, 0.2) is 0 Å². The molecule has 0 atom stereocenters. The normalized spacial score (nSPS) is 0. The summed E-state index contributed by atoms with van der Waals surface area (Å²) in [5.74, 6) is 0. The summed E-state index contributed by atoms with van der Waals surface area (Å²) in [5, 5.41) is 0. The Hall–Kier alpha value is 3.03. The molecule has 0 fully saturated rings. The Kier molecular flexibility index (Phi) is 116. The maximum atomic E-state index is 0. The first kappa shape index (κ1) is 27.9. The van der Waals surface area contributed by atoms with Gasteiger partial charge in [-0.15, -0.1) is 0 Å². The molecule has 0 amide bonds. The van der Waals surface area contributed by atoms with E-state index in [0.29, 0.717) is 0 Å². The third-order valence-electron chi connectivity index (χ3n) is 0. The van der Waals surface area contributed by atoms with Crippen molar-refractivity contribution in [3.05, 3.63) is 0 Å². The van der Waals surface area contributed by atoms with Crippen molar-refractivity contribution in [2.45, 2.75) is 0 Å². The molecule has 0 nitrogen and oxygen atoms in total. The van der Waals surface area contributed by atoms with Gasteiger partial charge in [0.05, 0.1) is 0 Å². The van der Waals surface area contributed by atoms with Gasteiger partial charge in [-0.3, -0.25) is 0 Å². The smallest absolute Gasteiger partial charge is 0 e. The van der Waals surface area contributed by atoms with E-state index in [1.165, 1.54) is 0 Å². The molecule has 4 heavy (non-hydrogen) atoms. The van der Waals surface area contributed by atoms with Crippen LogP contribution >= 0.6 is 0 Å². The van der Waals surface area contributed by atoms with E-state index >= 15 is 0 Å². The maximum Gasteiger partial charge on any atom is 0 e. The number of hydrogen-bond acceptors (Lipinski definition) is 0. The Morgan fingerprint density at radius 1 is 1.00 bits per heavy atom. The van der Waals surface area contributed by atoms with Crippen LogP contribution in [0, 0.1) is 0 Å². The van der Waals surface area contributed by atoms with Crippen molar-refractivity contribution >= 4 is 0 Å². The van der Waals surface area contributed by atoms with Crippen molar-refractivity contribution in [3.63, 3.8) is 0 Å². The monoisotopic (exact) mass is 290 g/mol. The second-order valence-electron chi connectivity index (χ2n) is 0. The molecular formula is FeMnYZr. The summed E-state index contributed by atoms with van der Waals surface area (Å²) in [4.78, 5) is 0. The van der Waals surface area contributed by atoms with Crippen molar-refractivity contribution in [2.24, 2.45) is 0 Å². The second kappa shape index (κ2) is 16.6. The van der Waals surface area contributed by atoms with Crippen LogP contribution in [0.25, 0.3) is 0 Å². The van der Waals surface area contributed by atoms with E-state index in [-0.39, 0.29) is 93.0 Å². The third-order valence-corrected chi connectivity index (χ3v) is 0. The van der Waals surface area contributed by atoms with Gasteiger partial charge >= 0.3 is 0 Å². The zero-order valence-corrected chi connectivity index (χ0v) is 9.39. The first-order chi connectivity index (χ1) is 0. The summed E-state index contributed by atoms with van der Waals surface area (Å²) in [6, 6.07) is 0. The van der Waals surface area contributed by atoms with Crippen molar-refractivity contribution in [2.75, 3.05) is 0 Å². The van der Waals surface area contributed by atoms with Gasteiger partial charge in [-0.25, -0.2) is 0 Å². The molecule has 0 aromatic carbocycles. The summed E-state index contributed by atoms with van der Waals surface area (Å²) >= 11 is 0. The first-order valence-electron chi connectivity index (χ1n) is 0. The average Bonchev–Trinajstić information content (AvgIpc) is 0. The topological polar surface area (TPSA) is 0 Å². The Morgan fingerprint density at radius 3 is 1.00 bits per heavy atom. The summed E-state index contributed by atoms with van der Waals surface area (Å²) in [7, 11) is 0. The third kappa shape index (κ3) is 8.90. The van der Waals surface area contributed by atoms with Crippen LogP contribution in [0.1, 0.15) is 0 Å². The minimum atomic E-state index is 0. The van der Waals surface area contributed by atoms with Gasteiger partial charge in [0.1, 0.15) is 0 Å². The zero-order chi connectivity index (χ0) is 0. The largest absolute Gasteiger partial charge is 0 e. The van der Waals surface area contributed by atoms with Crippen molar-refractivity contribution in [1.82, 2.24) is 0 Å². The molecule has 0 spiro atoms. The zero-order valence-electron chi connectivity index (χ0n) is 1.81. The number of hydrogen-bond donors (Lipinski definition) is 0. The van der Waals surface area contributed by atoms with Gasteiger partial charge in [-0.1, -0.05) is 0 Å². The Labute approximate surface area is 91.2 Å². The Balaban J connectivity index is 0. The van der Waals surface area contributed by atoms with Crippen molar-refractivity contribution in [1.29, 1.82) is 0 Å². The van der Waals surface area contributed by atoms with Crippen LogP contribution in [0.15, 0.2) is 0 Å². The van der Waals surface area contributed by atoms with E-state index in [1.54, 1.807) is 0 Å². The molecule has 0 aliphatic rings. The van der Waals surface area contributed by atoms with Crippen LogP contribution in [-0.2, 0) is 93.0 Å². The molecule has 0 aliphatic heterocycles. The first-order valence-corrected chi connectivity index (χ1v) is 0. The van der Waals surface area contributed by atoms with Gasteiger partial charge in [0.25, 0.3) is 0 Å². The van der Waals surface area contributed by atoms with Crippen LogP contribution in [0.4, 0.5) is 0 Å². The fourth-order valence-electron chi connectivity index (χ4n) is 0. The van der Waals surface area contributed by atoms with E-state index in [0.717, 1.165) is 0 Å². The van der Waals surface area contributed by atoms with Gasteiger partial charge < -0.3 is 0 Å². The number of rotatable bonds is 0. The van der Waals surface area contributed by atoms with Crippen LogP contribution in [0.3, 0.4) is 0 Å². The molecule has 0 rings (SSSR count). The van der Waals surface area contributed by atoms with Gasteiger partial charge in [0, 0.05) is 93.0 Å². The molecule has 2 radical (unpaired) electrons. The molecule has 0 unspecified atom stereocenters. The summed E-state index contributed by atoms with van der Waals surface area (Å²) in [6.07, 6.45) is 0. The minimum absolute atomic E-state index is 0. The summed E-state index contributed by atoms with van der Waals surface area (Å²) in [6.45, 7) is 0. The van der Waals surface area contributed by atoms with Crippen LogP contribution in [0.5, 0.6) is 0 Å². The molecule has 0 saturated carbocycles. The van der Waals surface area contributed by atoms with Crippen LogP contribution < -0.4 is 0 Å². The molecule has 0 saturated heterocycles. The quantitative estimate of drug-likeness (QED) is 0.551.